The Morgan fingerprint density at radius 2 is 1.70 bits per heavy atom. The van der Waals surface area contributed by atoms with E-state index in [0.717, 1.165) is 31.2 Å². The summed E-state index contributed by atoms with van der Waals surface area (Å²) in [6, 6.07) is 8.60. The second-order valence-corrected chi connectivity index (χ2v) is 17.6. The summed E-state index contributed by atoms with van der Waals surface area (Å²) < 4.78 is 29.5. The van der Waals surface area contributed by atoms with Crippen molar-refractivity contribution in [2.24, 2.45) is 11.3 Å². The van der Waals surface area contributed by atoms with Crippen molar-refractivity contribution in [1.82, 2.24) is 4.31 Å². The van der Waals surface area contributed by atoms with E-state index in [1.54, 1.807) is 12.1 Å². The van der Waals surface area contributed by atoms with Crippen molar-refractivity contribution in [3.05, 3.63) is 42.0 Å². The molecule has 27 heavy (non-hydrogen) atoms. The SMILES string of the molecule is Cc1ccc(S(=O)(=O)N2C[C@]3(C[Si](C)(C)C)C=C[C@@H]3C23CCCCC3)cc1. The Labute approximate surface area is 165 Å². The molecule has 0 unspecified atom stereocenters. The summed E-state index contributed by atoms with van der Waals surface area (Å²) in [4.78, 5) is 0.461. The van der Waals surface area contributed by atoms with E-state index in [0.29, 0.717) is 17.4 Å². The number of hydrogen-bond donors (Lipinski definition) is 0. The molecule has 1 saturated carbocycles. The maximum absolute atomic E-state index is 13.8. The van der Waals surface area contributed by atoms with Crippen molar-refractivity contribution in [1.29, 1.82) is 0 Å². The topological polar surface area (TPSA) is 37.4 Å². The van der Waals surface area contributed by atoms with Crippen LogP contribution >= 0.6 is 0 Å². The van der Waals surface area contributed by atoms with Gasteiger partial charge >= 0.3 is 0 Å². The normalized spacial score (nSPS) is 30.3. The molecule has 1 aromatic rings. The zero-order chi connectivity index (χ0) is 19.5. The molecule has 0 N–H and O–H groups in total. The van der Waals surface area contributed by atoms with E-state index >= 15 is 0 Å². The number of benzene rings is 1. The lowest BCUT2D eigenvalue weighted by Gasteiger charge is -2.49. The standard InChI is InChI=1S/C22H33NO2SSi/c1-18-8-10-19(11-9-18)26(24,25)23-16-21(17-27(2,3)4)15-12-20(21)22(23)13-6-5-7-14-22/h8-12,15,20H,5-7,13-14,16-17H2,1-4H3/t20-,21-/m0/s1. The van der Waals surface area contributed by atoms with Gasteiger partial charge in [0.15, 0.2) is 0 Å². The summed E-state index contributed by atoms with van der Waals surface area (Å²) in [6.07, 6.45) is 10.3. The molecule has 1 aliphatic heterocycles. The molecule has 0 aromatic heterocycles. The van der Waals surface area contributed by atoms with Crippen LogP contribution in [0, 0.1) is 18.3 Å². The predicted octanol–water partition coefficient (Wildman–Crippen LogP) is 5.21. The average molecular weight is 404 g/mol. The Hall–Kier alpha value is -0.913. The van der Waals surface area contributed by atoms with Crippen LogP contribution < -0.4 is 0 Å². The van der Waals surface area contributed by atoms with Crippen LogP contribution in [0.5, 0.6) is 0 Å². The fraction of sp³-hybridized carbons (Fsp3) is 0.636. The highest BCUT2D eigenvalue weighted by atomic mass is 32.2. The van der Waals surface area contributed by atoms with Crippen LogP contribution in [0.1, 0.15) is 37.7 Å². The highest BCUT2D eigenvalue weighted by Crippen LogP contribution is 2.63. The molecular formula is C22H33NO2SSi. The Bertz CT molecular complexity index is 847. The van der Waals surface area contributed by atoms with E-state index < -0.39 is 18.1 Å². The van der Waals surface area contributed by atoms with Crippen molar-refractivity contribution >= 4 is 18.1 Å². The minimum Gasteiger partial charge on any atom is -0.207 e. The molecule has 2 fully saturated rings. The maximum Gasteiger partial charge on any atom is 0.243 e. The first-order valence-corrected chi connectivity index (χ1v) is 15.5. The van der Waals surface area contributed by atoms with Crippen molar-refractivity contribution in [3.63, 3.8) is 0 Å². The van der Waals surface area contributed by atoms with E-state index in [4.69, 9.17) is 0 Å². The highest BCUT2D eigenvalue weighted by Gasteiger charge is 2.65. The van der Waals surface area contributed by atoms with Crippen molar-refractivity contribution in [3.8, 4) is 0 Å². The summed E-state index contributed by atoms with van der Waals surface area (Å²) in [5, 5.41) is 0. The quantitative estimate of drug-likeness (QED) is 0.511. The summed E-state index contributed by atoms with van der Waals surface area (Å²) in [7, 11) is -4.79. The number of rotatable bonds is 4. The van der Waals surface area contributed by atoms with Crippen LogP contribution in [0.4, 0.5) is 0 Å². The summed E-state index contributed by atoms with van der Waals surface area (Å²) in [6.45, 7) is 9.91. The van der Waals surface area contributed by atoms with Crippen LogP contribution in [0.25, 0.3) is 0 Å². The molecule has 3 aliphatic rings. The molecule has 5 heteroatoms. The van der Waals surface area contributed by atoms with Crippen molar-refractivity contribution in [2.75, 3.05) is 6.54 Å². The number of fused-ring (bicyclic) bond motifs is 2. The Balaban J connectivity index is 1.78. The number of nitrogens with zero attached hydrogens (tertiary/aromatic N) is 1. The van der Waals surface area contributed by atoms with Crippen LogP contribution in [-0.4, -0.2) is 32.9 Å². The lowest BCUT2D eigenvalue weighted by Crippen LogP contribution is -2.52. The van der Waals surface area contributed by atoms with Gasteiger partial charge in [-0.25, -0.2) is 8.42 Å². The van der Waals surface area contributed by atoms with Crippen LogP contribution in [0.2, 0.25) is 25.7 Å². The Kier molecular flexibility index (Phi) is 4.52. The number of hydrogen-bond acceptors (Lipinski definition) is 2. The molecular weight excluding hydrogens is 370 g/mol. The molecule has 0 radical (unpaired) electrons. The maximum atomic E-state index is 13.8. The van der Waals surface area contributed by atoms with Gasteiger partial charge < -0.3 is 0 Å². The predicted molar refractivity (Wildman–Crippen MR) is 114 cm³/mol. The zero-order valence-electron chi connectivity index (χ0n) is 17.2. The smallest absolute Gasteiger partial charge is 0.207 e. The third-order valence-corrected chi connectivity index (χ3v) is 10.6. The van der Waals surface area contributed by atoms with Crippen molar-refractivity contribution < 1.29 is 8.42 Å². The van der Waals surface area contributed by atoms with Gasteiger partial charge in [-0.05, 0) is 37.9 Å². The van der Waals surface area contributed by atoms with Crippen LogP contribution in [0.15, 0.2) is 41.3 Å². The molecule has 1 saturated heterocycles. The van der Waals surface area contributed by atoms with E-state index in [1.807, 2.05) is 23.4 Å². The number of sulfonamides is 1. The highest BCUT2D eigenvalue weighted by molar-refractivity contribution is 7.89. The number of aryl methyl sites for hydroxylation is 1. The van der Waals surface area contributed by atoms with Gasteiger partial charge in [-0.2, -0.15) is 4.31 Å². The van der Waals surface area contributed by atoms with E-state index in [9.17, 15) is 8.42 Å². The summed E-state index contributed by atoms with van der Waals surface area (Å²) in [5.74, 6) is 0.400. The summed E-state index contributed by atoms with van der Waals surface area (Å²) in [5.41, 5.74) is 0.968. The lowest BCUT2D eigenvalue weighted by molar-refractivity contribution is 0.125. The fourth-order valence-corrected chi connectivity index (χ4v) is 10.4. The Morgan fingerprint density at radius 3 is 2.22 bits per heavy atom. The molecule has 1 heterocycles. The van der Waals surface area contributed by atoms with Gasteiger partial charge in [-0.1, -0.05) is 68.8 Å². The minimum absolute atomic E-state index is 0.0690. The van der Waals surface area contributed by atoms with Gasteiger partial charge in [0.05, 0.1) is 4.90 Å². The van der Waals surface area contributed by atoms with E-state index in [2.05, 4.69) is 31.8 Å². The Morgan fingerprint density at radius 1 is 1.07 bits per heavy atom. The zero-order valence-corrected chi connectivity index (χ0v) is 19.0. The van der Waals surface area contributed by atoms with Gasteiger partial charge in [0.25, 0.3) is 0 Å². The van der Waals surface area contributed by atoms with Crippen LogP contribution in [-0.2, 0) is 10.0 Å². The van der Waals surface area contributed by atoms with Gasteiger partial charge in [0, 0.05) is 31.5 Å². The van der Waals surface area contributed by atoms with Gasteiger partial charge in [0.1, 0.15) is 0 Å². The third-order valence-electron chi connectivity index (χ3n) is 6.94. The third kappa shape index (κ3) is 3.06. The molecule has 4 rings (SSSR count). The first-order chi connectivity index (χ1) is 12.6. The molecule has 2 atom stereocenters. The molecule has 3 nitrogen and oxygen atoms in total. The second kappa shape index (κ2) is 6.29. The lowest BCUT2D eigenvalue weighted by atomic mass is 9.60. The van der Waals surface area contributed by atoms with Gasteiger partial charge in [-0.3, -0.25) is 0 Å². The molecule has 0 amide bonds. The molecule has 0 bridgehead atoms. The fourth-order valence-electron chi connectivity index (χ4n) is 6.01. The molecule has 1 aromatic carbocycles. The summed E-state index contributed by atoms with van der Waals surface area (Å²) >= 11 is 0. The first kappa shape index (κ1) is 19.4. The first-order valence-electron chi connectivity index (χ1n) is 10.4. The van der Waals surface area contributed by atoms with E-state index in [1.165, 1.54) is 12.5 Å². The molecule has 1 spiro atoms. The minimum atomic E-state index is -3.47. The van der Waals surface area contributed by atoms with Crippen molar-refractivity contribution in [2.45, 2.75) is 75.1 Å². The molecule has 2 aliphatic carbocycles. The monoisotopic (exact) mass is 403 g/mol. The van der Waals surface area contributed by atoms with Crippen LogP contribution in [0.3, 0.4) is 0 Å². The second-order valence-electron chi connectivity index (χ2n) is 10.3. The average Bonchev–Trinajstić information content (AvgIpc) is 2.73. The van der Waals surface area contributed by atoms with E-state index in [-0.39, 0.29) is 11.0 Å². The van der Waals surface area contributed by atoms with Gasteiger partial charge in [-0.15, -0.1) is 0 Å². The largest absolute Gasteiger partial charge is 0.243 e. The van der Waals surface area contributed by atoms with Gasteiger partial charge in [0.2, 0.25) is 10.0 Å². The molecule has 148 valence electrons.